The average Bonchev–Trinajstić information content (AvgIpc) is 2.56. The molecule has 2 aromatic rings. The first kappa shape index (κ1) is 15.6. The zero-order valence-electron chi connectivity index (χ0n) is 13.1. The van der Waals surface area contributed by atoms with Crippen LogP contribution in [-0.4, -0.2) is 24.1 Å². The number of anilines is 2. The monoisotopic (exact) mass is 326 g/mol. The van der Waals surface area contributed by atoms with Crippen LogP contribution in [0.15, 0.2) is 36.4 Å². The molecule has 1 saturated heterocycles. The van der Waals surface area contributed by atoms with Crippen molar-refractivity contribution in [2.24, 2.45) is 0 Å². The maximum absolute atomic E-state index is 9.21. The first-order chi connectivity index (χ1) is 11.2. The minimum atomic E-state index is 0.349. The van der Waals surface area contributed by atoms with Crippen molar-refractivity contribution in [3.63, 3.8) is 0 Å². The first-order valence-corrected chi connectivity index (χ1v) is 8.18. The maximum atomic E-state index is 9.21. The standard InChI is InChI=1S/C18H19ClN4/c1-13-3-2-4-18(21-13)23-9-7-16(8-10-23)22-17-11-15(19)6-5-14(17)12-20/h2-6,11,16,22H,7-10H2,1H3. The number of piperidine rings is 1. The summed E-state index contributed by atoms with van der Waals surface area (Å²) in [6.07, 6.45) is 2.01. The zero-order valence-corrected chi connectivity index (χ0v) is 13.8. The third kappa shape index (κ3) is 3.75. The van der Waals surface area contributed by atoms with Crippen molar-refractivity contribution in [2.75, 3.05) is 23.3 Å². The largest absolute Gasteiger partial charge is 0.381 e. The highest BCUT2D eigenvalue weighted by atomic mass is 35.5. The molecule has 1 aliphatic heterocycles. The molecule has 0 atom stereocenters. The van der Waals surface area contributed by atoms with Gasteiger partial charge in [0.25, 0.3) is 0 Å². The Labute approximate surface area is 141 Å². The summed E-state index contributed by atoms with van der Waals surface area (Å²) in [5, 5.41) is 13.3. The number of aromatic nitrogens is 1. The molecule has 1 aromatic carbocycles. The van der Waals surface area contributed by atoms with E-state index in [1.54, 1.807) is 12.1 Å². The summed E-state index contributed by atoms with van der Waals surface area (Å²) in [6.45, 7) is 3.92. The predicted octanol–water partition coefficient (Wildman–Crippen LogP) is 4.00. The van der Waals surface area contributed by atoms with Crippen LogP contribution in [0.4, 0.5) is 11.5 Å². The van der Waals surface area contributed by atoms with Crippen LogP contribution in [0.1, 0.15) is 24.1 Å². The Morgan fingerprint density at radius 3 is 2.74 bits per heavy atom. The summed E-state index contributed by atoms with van der Waals surface area (Å²) < 4.78 is 0. The molecule has 0 unspecified atom stereocenters. The molecular formula is C18H19ClN4. The fraction of sp³-hybridized carbons (Fsp3) is 0.333. The molecule has 0 bridgehead atoms. The summed E-state index contributed by atoms with van der Waals surface area (Å²) in [5.41, 5.74) is 2.50. The van der Waals surface area contributed by atoms with Gasteiger partial charge in [0.1, 0.15) is 11.9 Å². The molecule has 1 fully saturated rings. The number of hydrogen-bond acceptors (Lipinski definition) is 4. The van der Waals surface area contributed by atoms with Crippen LogP contribution >= 0.6 is 11.6 Å². The first-order valence-electron chi connectivity index (χ1n) is 7.80. The Bertz CT molecular complexity index is 730. The summed E-state index contributed by atoms with van der Waals surface area (Å²) >= 11 is 6.04. The van der Waals surface area contributed by atoms with Gasteiger partial charge in [0.2, 0.25) is 0 Å². The summed E-state index contributed by atoms with van der Waals surface area (Å²) in [5.74, 6) is 1.05. The molecular weight excluding hydrogens is 308 g/mol. The minimum Gasteiger partial charge on any atom is -0.381 e. The van der Waals surface area contributed by atoms with E-state index in [1.165, 1.54) is 0 Å². The molecule has 0 radical (unpaired) electrons. The topological polar surface area (TPSA) is 52.0 Å². The van der Waals surface area contributed by atoms with Gasteiger partial charge in [0, 0.05) is 29.8 Å². The lowest BCUT2D eigenvalue weighted by Crippen LogP contribution is -2.39. The van der Waals surface area contributed by atoms with Crippen LogP contribution in [0, 0.1) is 18.3 Å². The number of aryl methyl sites for hydroxylation is 1. The fourth-order valence-electron chi connectivity index (χ4n) is 2.91. The maximum Gasteiger partial charge on any atom is 0.128 e. The molecule has 23 heavy (non-hydrogen) atoms. The van der Waals surface area contributed by atoms with Crippen molar-refractivity contribution in [1.82, 2.24) is 4.98 Å². The van der Waals surface area contributed by atoms with Gasteiger partial charge < -0.3 is 10.2 Å². The van der Waals surface area contributed by atoms with Crippen molar-refractivity contribution in [2.45, 2.75) is 25.8 Å². The molecule has 0 amide bonds. The minimum absolute atomic E-state index is 0.349. The second-order valence-electron chi connectivity index (χ2n) is 5.84. The lowest BCUT2D eigenvalue weighted by Gasteiger charge is -2.34. The third-order valence-corrected chi connectivity index (χ3v) is 4.39. The lowest BCUT2D eigenvalue weighted by molar-refractivity contribution is 0.523. The van der Waals surface area contributed by atoms with Crippen molar-refractivity contribution < 1.29 is 0 Å². The molecule has 1 aromatic heterocycles. The Kier molecular flexibility index (Phi) is 4.68. The zero-order chi connectivity index (χ0) is 16.2. The lowest BCUT2D eigenvalue weighted by atomic mass is 10.0. The molecule has 4 nitrogen and oxygen atoms in total. The second kappa shape index (κ2) is 6.89. The smallest absolute Gasteiger partial charge is 0.128 e. The van der Waals surface area contributed by atoms with Gasteiger partial charge in [0.15, 0.2) is 0 Å². The SMILES string of the molecule is Cc1cccc(N2CCC(Nc3cc(Cl)ccc3C#N)CC2)n1. The molecule has 118 valence electrons. The van der Waals surface area contributed by atoms with Crippen molar-refractivity contribution in [3.05, 3.63) is 52.7 Å². The Balaban J connectivity index is 1.64. The molecule has 1 aliphatic rings. The van der Waals surface area contributed by atoms with Gasteiger partial charge in [-0.25, -0.2) is 4.98 Å². The van der Waals surface area contributed by atoms with Crippen molar-refractivity contribution >= 4 is 23.1 Å². The van der Waals surface area contributed by atoms with E-state index in [0.29, 0.717) is 16.6 Å². The number of halogens is 1. The van der Waals surface area contributed by atoms with Crippen LogP contribution in [0.5, 0.6) is 0 Å². The Morgan fingerprint density at radius 1 is 1.26 bits per heavy atom. The van der Waals surface area contributed by atoms with Gasteiger partial charge in [-0.3, -0.25) is 0 Å². The van der Waals surface area contributed by atoms with E-state index in [2.05, 4.69) is 27.3 Å². The molecule has 0 spiro atoms. The second-order valence-corrected chi connectivity index (χ2v) is 6.28. The van der Waals surface area contributed by atoms with E-state index in [0.717, 1.165) is 43.1 Å². The summed E-state index contributed by atoms with van der Waals surface area (Å²) in [7, 11) is 0. The molecule has 0 saturated carbocycles. The average molecular weight is 327 g/mol. The van der Waals surface area contributed by atoms with E-state index < -0.39 is 0 Å². The van der Waals surface area contributed by atoms with Gasteiger partial charge >= 0.3 is 0 Å². The Morgan fingerprint density at radius 2 is 2.04 bits per heavy atom. The molecule has 3 rings (SSSR count). The molecule has 0 aliphatic carbocycles. The van der Waals surface area contributed by atoms with Crippen LogP contribution in [0.2, 0.25) is 5.02 Å². The van der Waals surface area contributed by atoms with Crippen LogP contribution in [0.3, 0.4) is 0 Å². The van der Waals surface area contributed by atoms with Crippen LogP contribution in [-0.2, 0) is 0 Å². The van der Waals surface area contributed by atoms with Gasteiger partial charge in [-0.15, -0.1) is 0 Å². The Hall–Kier alpha value is -2.25. The van der Waals surface area contributed by atoms with E-state index in [4.69, 9.17) is 11.6 Å². The molecule has 1 N–H and O–H groups in total. The number of rotatable bonds is 3. The van der Waals surface area contributed by atoms with Gasteiger partial charge in [0.05, 0.1) is 11.3 Å². The summed E-state index contributed by atoms with van der Waals surface area (Å²) in [6, 6.07) is 14.0. The van der Waals surface area contributed by atoms with Crippen molar-refractivity contribution in [1.29, 1.82) is 5.26 Å². The van der Waals surface area contributed by atoms with Gasteiger partial charge in [-0.05, 0) is 50.1 Å². The van der Waals surface area contributed by atoms with E-state index >= 15 is 0 Å². The van der Waals surface area contributed by atoms with Crippen LogP contribution < -0.4 is 10.2 Å². The van der Waals surface area contributed by atoms with E-state index in [9.17, 15) is 5.26 Å². The highest BCUT2D eigenvalue weighted by Crippen LogP contribution is 2.25. The quantitative estimate of drug-likeness (QED) is 0.926. The van der Waals surface area contributed by atoms with E-state index in [1.807, 2.05) is 25.1 Å². The summed E-state index contributed by atoms with van der Waals surface area (Å²) in [4.78, 5) is 6.90. The van der Waals surface area contributed by atoms with E-state index in [-0.39, 0.29) is 0 Å². The number of benzene rings is 1. The highest BCUT2D eigenvalue weighted by molar-refractivity contribution is 6.30. The van der Waals surface area contributed by atoms with Crippen molar-refractivity contribution in [3.8, 4) is 6.07 Å². The third-order valence-electron chi connectivity index (χ3n) is 4.15. The number of pyridine rings is 1. The van der Waals surface area contributed by atoms with Gasteiger partial charge in [-0.2, -0.15) is 5.26 Å². The van der Waals surface area contributed by atoms with Gasteiger partial charge in [-0.1, -0.05) is 17.7 Å². The number of hydrogen-bond donors (Lipinski definition) is 1. The van der Waals surface area contributed by atoms with Crippen LogP contribution in [0.25, 0.3) is 0 Å². The number of nitrogens with zero attached hydrogens (tertiary/aromatic N) is 3. The highest BCUT2D eigenvalue weighted by Gasteiger charge is 2.20. The number of nitriles is 1. The predicted molar refractivity (Wildman–Crippen MR) is 94.0 cm³/mol. The molecule has 5 heteroatoms. The normalized spacial score (nSPS) is 15.3. The number of nitrogens with one attached hydrogen (secondary N) is 1. The fourth-order valence-corrected chi connectivity index (χ4v) is 3.08. The molecule has 2 heterocycles.